The molecule has 1 aliphatic rings. The highest BCUT2D eigenvalue weighted by molar-refractivity contribution is 9.10. The lowest BCUT2D eigenvalue weighted by Gasteiger charge is -2.28. The number of carbonyl (C=O) groups excluding carboxylic acids is 1. The minimum Gasteiger partial charge on any atom is -0.349 e. The minimum absolute atomic E-state index is 0.119. The second-order valence-electron chi connectivity index (χ2n) is 5.29. The lowest BCUT2D eigenvalue weighted by atomic mass is 9.84. The Morgan fingerprint density at radius 2 is 2.15 bits per heavy atom. The zero-order valence-electron chi connectivity index (χ0n) is 11.7. The molecule has 1 aromatic heterocycles. The molecular formula is C14H21BrN4O. The second kappa shape index (κ2) is 7.04. The highest BCUT2D eigenvalue weighted by Gasteiger charge is 2.23. The molecule has 0 unspecified atom stereocenters. The molecule has 0 saturated heterocycles. The van der Waals surface area contributed by atoms with E-state index in [0.717, 1.165) is 23.2 Å². The zero-order chi connectivity index (χ0) is 14.5. The summed E-state index contributed by atoms with van der Waals surface area (Å²) in [6.07, 6.45) is 7.34. The molecule has 1 aromatic rings. The number of nitrogen functional groups attached to an aromatic ring is 1. The monoisotopic (exact) mass is 340 g/mol. The molecule has 0 spiro atoms. The van der Waals surface area contributed by atoms with E-state index in [2.05, 4.69) is 38.6 Å². The molecule has 1 saturated carbocycles. The topological polar surface area (TPSA) is 80.0 Å². The van der Waals surface area contributed by atoms with Crippen molar-refractivity contribution in [3.05, 3.63) is 22.3 Å². The van der Waals surface area contributed by atoms with Gasteiger partial charge in [-0.05, 0) is 53.6 Å². The fourth-order valence-corrected chi connectivity index (χ4v) is 3.04. The molecule has 0 radical (unpaired) electrons. The number of pyridine rings is 1. The molecular weight excluding hydrogens is 320 g/mol. The largest absolute Gasteiger partial charge is 0.349 e. The second-order valence-corrected chi connectivity index (χ2v) is 6.21. The van der Waals surface area contributed by atoms with Crippen LogP contribution in [0.3, 0.4) is 0 Å². The Balaban J connectivity index is 2.00. The molecule has 1 heterocycles. The van der Waals surface area contributed by atoms with Gasteiger partial charge in [-0.1, -0.05) is 13.3 Å². The van der Waals surface area contributed by atoms with Gasteiger partial charge in [0.1, 0.15) is 0 Å². The molecule has 1 aliphatic carbocycles. The van der Waals surface area contributed by atoms with Crippen LogP contribution in [0.15, 0.2) is 16.7 Å². The van der Waals surface area contributed by atoms with Crippen molar-refractivity contribution in [1.82, 2.24) is 10.3 Å². The summed E-state index contributed by atoms with van der Waals surface area (Å²) in [6, 6.07) is 1.99. The van der Waals surface area contributed by atoms with Crippen LogP contribution in [0.4, 0.5) is 5.82 Å². The number of amides is 1. The summed E-state index contributed by atoms with van der Waals surface area (Å²) in [4.78, 5) is 16.4. The van der Waals surface area contributed by atoms with Crippen LogP contribution >= 0.6 is 15.9 Å². The summed E-state index contributed by atoms with van der Waals surface area (Å²) >= 11 is 3.33. The van der Waals surface area contributed by atoms with Crippen LogP contribution in [-0.2, 0) is 0 Å². The number of anilines is 1. The number of nitrogens with one attached hydrogen (secondary N) is 2. The van der Waals surface area contributed by atoms with Crippen molar-refractivity contribution in [2.75, 3.05) is 5.43 Å². The first-order valence-electron chi connectivity index (χ1n) is 7.07. The first-order valence-corrected chi connectivity index (χ1v) is 7.86. The summed E-state index contributed by atoms with van der Waals surface area (Å²) in [5, 5.41) is 3.09. The highest BCUT2D eigenvalue weighted by Crippen LogP contribution is 2.27. The zero-order valence-corrected chi connectivity index (χ0v) is 13.2. The van der Waals surface area contributed by atoms with Crippen LogP contribution < -0.4 is 16.6 Å². The van der Waals surface area contributed by atoms with Gasteiger partial charge in [-0.15, -0.1) is 0 Å². The SMILES string of the molecule is CCC1CCC(NC(=O)c2cc(Br)cnc2NN)CC1. The summed E-state index contributed by atoms with van der Waals surface area (Å²) in [7, 11) is 0. The predicted octanol–water partition coefficient (Wildman–Crippen LogP) is 2.83. The molecule has 0 aromatic carbocycles. The maximum absolute atomic E-state index is 12.3. The third-order valence-corrected chi connectivity index (χ3v) is 4.43. The van der Waals surface area contributed by atoms with Gasteiger partial charge in [0, 0.05) is 16.7 Å². The standard InChI is InChI=1S/C14H21BrN4O/c1-2-9-3-5-11(6-4-9)18-14(20)12-7-10(15)8-17-13(12)19-16/h7-9,11H,2-6,16H2,1H3,(H,17,19)(H,18,20). The molecule has 1 amide bonds. The molecule has 4 N–H and O–H groups in total. The maximum Gasteiger partial charge on any atom is 0.255 e. The average molecular weight is 341 g/mol. The number of hydrazine groups is 1. The minimum atomic E-state index is -0.119. The van der Waals surface area contributed by atoms with E-state index in [-0.39, 0.29) is 11.9 Å². The van der Waals surface area contributed by atoms with E-state index < -0.39 is 0 Å². The Labute approximate surface area is 127 Å². The van der Waals surface area contributed by atoms with Gasteiger partial charge in [0.05, 0.1) is 5.56 Å². The van der Waals surface area contributed by atoms with E-state index in [1.807, 2.05) is 0 Å². The van der Waals surface area contributed by atoms with Crippen LogP contribution in [0.25, 0.3) is 0 Å². The van der Waals surface area contributed by atoms with Crippen molar-refractivity contribution >= 4 is 27.7 Å². The van der Waals surface area contributed by atoms with E-state index in [1.165, 1.54) is 19.3 Å². The van der Waals surface area contributed by atoms with E-state index in [9.17, 15) is 4.79 Å². The highest BCUT2D eigenvalue weighted by atomic mass is 79.9. The first-order chi connectivity index (χ1) is 9.63. The Morgan fingerprint density at radius 1 is 1.45 bits per heavy atom. The van der Waals surface area contributed by atoms with Crippen LogP contribution in [0, 0.1) is 5.92 Å². The smallest absolute Gasteiger partial charge is 0.255 e. The molecule has 0 bridgehead atoms. The summed E-state index contributed by atoms with van der Waals surface area (Å²) in [6.45, 7) is 2.23. The number of aromatic nitrogens is 1. The average Bonchev–Trinajstić information content (AvgIpc) is 2.48. The Hall–Kier alpha value is -1.14. The van der Waals surface area contributed by atoms with Gasteiger partial charge in [0.25, 0.3) is 5.91 Å². The Kier molecular flexibility index (Phi) is 5.37. The summed E-state index contributed by atoms with van der Waals surface area (Å²) in [5.74, 6) is 6.49. The molecule has 5 nitrogen and oxygen atoms in total. The molecule has 6 heteroatoms. The predicted molar refractivity (Wildman–Crippen MR) is 83.3 cm³/mol. The van der Waals surface area contributed by atoms with Crippen molar-refractivity contribution in [3.63, 3.8) is 0 Å². The summed E-state index contributed by atoms with van der Waals surface area (Å²) in [5.41, 5.74) is 2.94. The maximum atomic E-state index is 12.3. The third kappa shape index (κ3) is 3.70. The van der Waals surface area contributed by atoms with E-state index in [1.54, 1.807) is 12.3 Å². The van der Waals surface area contributed by atoms with E-state index >= 15 is 0 Å². The quantitative estimate of drug-likeness (QED) is 0.581. The van der Waals surface area contributed by atoms with Crippen molar-refractivity contribution in [2.24, 2.45) is 11.8 Å². The number of nitrogens with two attached hydrogens (primary N) is 1. The van der Waals surface area contributed by atoms with E-state index in [4.69, 9.17) is 5.84 Å². The van der Waals surface area contributed by atoms with Crippen LogP contribution in [0.2, 0.25) is 0 Å². The van der Waals surface area contributed by atoms with Crippen molar-refractivity contribution < 1.29 is 4.79 Å². The normalized spacial score (nSPS) is 22.4. The van der Waals surface area contributed by atoms with Crippen molar-refractivity contribution in [3.8, 4) is 0 Å². The number of hydrogen-bond donors (Lipinski definition) is 3. The van der Waals surface area contributed by atoms with Crippen LogP contribution in [0.1, 0.15) is 49.4 Å². The van der Waals surface area contributed by atoms with Gasteiger partial charge in [0.2, 0.25) is 0 Å². The van der Waals surface area contributed by atoms with Gasteiger partial charge in [0.15, 0.2) is 5.82 Å². The molecule has 1 fully saturated rings. The van der Waals surface area contributed by atoms with Gasteiger partial charge in [-0.3, -0.25) is 4.79 Å². The van der Waals surface area contributed by atoms with Gasteiger partial charge < -0.3 is 10.7 Å². The molecule has 110 valence electrons. The molecule has 0 atom stereocenters. The van der Waals surface area contributed by atoms with Crippen LogP contribution in [0.5, 0.6) is 0 Å². The fraction of sp³-hybridized carbons (Fsp3) is 0.571. The molecule has 0 aliphatic heterocycles. The first kappa shape index (κ1) is 15.3. The molecule has 20 heavy (non-hydrogen) atoms. The van der Waals surface area contributed by atoms with Gasteiger partial charge >= 0.3 is 0 Å². The van der Waals surface area contributed by atoms with Gasteiger partial charge in [-0.25, -0.2) is 10.8 Å². The third-order valence-electron chi connectivity index (χ3n) is 3.99. The van der Waals surface area contributed by atoms with Crippen molar-refractivity contribution in [1.29, 1.82) is 0 Å². The van der Waals surface area contributed by atoms with Crippen LogP contribution in [-0.4, -0.2) is 16.9 Å². The summed E-state index contributed by atoms with van der Waals surface area (Å²) < 4.78 is 0.761. The van der Waals surface area contributed by atoms with E-state index in [0.29, 0.717) is 11.4 Å². The Morgan fingerprint density at radius 3 is 2.75 bits per heavy atom. The Bertz CT molecular complexity index is 472. The number of hydrogen-bond acceptors (Lipinski definition) is 4. The van der Waals surface area contributed by atoms with Gasteiger partial charge in [-0.2, -0.15) is 0 Å². The number of halogens is 1. The van der Waals surface area contributed by atoms with Crippen molar-refractivity contribution in [2.45, 2.75) is 45.1 Å². The fourth-order valence-electron chi connectivity index (χ4n) is 2.71. The molecule has 2 rings (SSSR count). The number of rotatable bonds is 4. The number of nitrogens with zero attached hydrogens (tertiary/aromatic N) is 1. The lowest BCUT2D eigenvalue weighted by molar-refractivity contribution is 0.0922. The lowest BCUT2D eigenvalue weighted by Crippen LogP contribution is -2.38. The number of carbonyl (C=O) groups is 1.